The minimum Gasteiger partial charge on any atom is -0.384 e. The van der Waals surface area contributed by atoms with Gasteiger partial charge in [0.1, 0.15) is 0 Å². The van der Waals surface area contributed by atoms with Gasteiger partial charge in [-0.2, -0.15) is 0 Å². The summed E-state index contributed by atoms with van der Waals surface area (Å²) >= 11 is 1.41. The van der Waals surface area contributed by atoms with Crippen molar-refractivity contribution in [3.05, 3.63) is 0 Å². The summed E-state index contributed by atoms with van der Waals surface area (Å²) in [6.45, 7) is 3.26. The molecule has 0 spiro atoms. The summed E-state index contributed by atoms with van der Waals surface area (Å²) in [4.78, 5) is 26.4. The second-order valence-electron chi connectivity index (χ2n) is 7.75. The van der Waals surface area contributed by atoms with Gasteiger partial charge >= 0.3 is 0 Å². The van der Waals surface area contributed by atoms with E-state index in [0.29, 0.717) is 30.7 Å². The smallest absolute Gasteiger partial charge is 0.232 e. The summed E-state index contributed by atoms with van der Waals surface area (Å²) in [5.74, 6) is 0.875. The summed E-state index contributed by atoms with van der Waals surface area (Å²) in [6.07, 6.45) is 7.98. The molecule has 0 aromatic heterocycles. The third kappa shape index (κ3) is 8.18. The molecule has 0 unspecified atom stereocenters. The van der Waals surface area contributed by atoms with Gasteiger partial charge in [0.25, 0.3) is 0 Å². The van der Waals surface area contributed by atoms with Crippen LogP contribution in [0, 0.1) is 5.41 Å². The van der Waals surface area contributed by atoms with E-state index < -0.39 is 0 Å². The Balaban J connectivity index is 0.00000364. The zero-order valence-corrected chi connectivity index (χ0v) is 18.4. The predicted molar refractivity (Wildman–Crippen MR) is 114 cm³/mol. The first-order valence-electron chi connectivity index (χ1n) is 9.86. The summed E-state index contributed by atoms with van der Waals surface area (Å²) in [7, 11) is 3.63. The molecule has 1 heterocycles. The maximum Gasteiger partial charge on any atom is 0.232 e. The molecule has 8 heteroatoms. The van der Waals surface area contributed by atoms with Crippen LogP contribution in [0.4, 0.5) is 0 Å². The summed E-state index contributed by atoms with van der Waals surface area (Å²) in [6, 6.07) is 0.388. The second kappa shape index (κ2) is 12.9. The van der Waals surface area contributed by atoms with Gasteiger partial charge in [-0.3, -0.25) is 9.59 Å². The Labute approximate surface area is 174 Å². The molecule has 2 N–H and O–H groups in total. The van der Waals surface area contributed by atoms with Gasteiger partial charge in [0.05, 0.1) is 18.1 Å². The van der Waals surface area contributed by atoms with Gasteiger partial charge in [0.15, 0.2) is 0 Å². The van der Waals surface area contributed by atoms with Gasteiger partial charge < -0.3 is 20.3 Å². The van der Waals surface area contributed by atoms with Gasteiger partial charge in [-0.15, -0.1) is 24.2 Å². The van der Waals surface area contributed by atoms with Crippen LogP contribution in [0.2, 0.25) is 0 Å². The summed E-state index contributed by atoms with van der Waals surface area (Å²) in [5, 5.41) is 6.41. The molecule has 6 nitrogen and oxygen atoms in total. The van der Waals surface area contributed by atoms with Crippen LogP contribution in [0.15, 0.2) is 0 Å². The van der Waals surface area contributed by atoms with Gasteiger partial charge in [0.2, 0.25) is 11.8 Å². The van der Waals surface area contributed by atoms with Gasteiger partial charge in [-0.1, -0.05) is 19.3 Å². The lowest BCUT2D eigenvalue weighted by molar-refractivity contribution is -0.129. The monoisotopic (exact) mass is 421 g/mol. The number of piperidine rings is 1. The third-order valence-corrected chi connectivity index (χ3v) is 6.67. The molecule has 1 saturated heterocycles. The molecule has 2 rings (SSSR count). The number of amides is 2. The first kappa shape index (κ1) is 24.5. The Morgan fingerprint density at radius 3 is 2.48 bits per heavy atom. The normalized spacial score (nSPS) is 19.8. The second-order valence-corrected chi connectivity index (χ2v) is 8.73. The molecule has 2 amide bonds. The molecule has 1 aliphatic carbocycles. The highest BCUT2D eigenvalue weighted by atomic mass is 35.5. The van der Waals surface area contributed by atoms with Crippen molar-refractivity contribution >= 4 is 36.0 Å². The lowest BCUT2D eigenvalue weighted by atomic mass is 9.79. The minimum atomic E-state index is 0. The first-order chi connectivity index (χ1) is 12.6. The number of hydrogen-bond donors (Lipinski definition) is 2. The molecule has 1 saturated carbocycles. The van der Waals surface area contributed by atoms with E-state index >= 15 is 0 Å². The Morgan fingerprint density at radius 2 is 1.85 bits per heavy atom. The third-order valence-electron chi connectivity index (χ3n) is 5.75. The Kier molecular flexibility index (Phi) is 11.7. The number of nitrogens with one attached hydrogen (secondary N) is 2. The molecule has 1 aliphatic heterocycles. The van der Waals surface area contributed by atoms with Crippen LogP contribution in [0.25, 0.3) is 0 Å². The van der Waals surface area contributed by atoms with E-state index in [1.165, 1.54) is 31.0 Å². The lowest BCUT2D eigenvalue weighted by Gasteiger charge is -2.37. The number of halogens is 1. The maximum absolute atomic E-state index is 12.3. The van der Waals surface area contributed by atoms with Crippen molar-refractivity contribution in [2.45, 2.75) is 51.0 Å². The number of carbonyl (C=O) groups is 2. The number of hydrogen-bond acceptors (Lipinski definition) is 5. The highest BCUT2D eigenvalue weighted by Gasteiger charge is 2.32. The van der Waals surface area contributed by atoms with Crippen molar-refractivity contribution in [1.29, 1.82) is 0 Å². The summed E-state index contributed by atoms with van der Waals surface area (Å²) < 4.78 is 5.38. The fraction of sp³-hybridized carbons (Fsp3) is 0.895. The average molecular weight is 422 g/mol. The van der Waals surface area contributed by atoms with Crippen molar-refractivity contribution in [1.82, 2.24) is 15.5 Å². The average Bonchev–Trinajstić information content (AvgIpc) is 2.67. The van der Waals surface area contributed by atoms with Crippen LogP contribution in [-0.2, 0) is 14.3 Å². The molecule has 158 valence electrons. The van der Waals surface area contributed by atoms with Crippen LogP contribution >= 0.6 is 24.2 Å². The molecule has 0 aromatic rings. The quantitative estimate of drug-likeness (QED) is 0.596. The SMILES string of the molecule is COCC1(CNC(=O)CSCC(=O)N(C)C2CCCCC2)CCNCC1.Cl. The number of ether oxygens (including phenoxy) is 1. The number of carbonyl (C=O) groups excluding carboxylic acids is 2. The Bertz CT molecular complexity index is 450. The fourth-order valence-electron chi connectivity index (χ4n) is 3.98. The first-order valence-corrected chi connectivity index (χ1v) is 11.0. The zero-order chi connectivity index (χ0) is 18.8. The number of thioether (sulfide) groups is 1. The molecule has 0 atom stereocenters. The number of rotatable bonds is 9. The van der Waals surface area contributed by atoms with E-state index in [0.717, 1.165) is 38.8 Å². The van der Waals surface area contributed by atoms with Crippen LogP contribution < -0.4 is 10.6 Å². The van der Waals surface area contributed by atoms with E-state index in [4.69, 9.17) is 4.74 Å². The molecular formula is C19H36ClN3O3S. The highest BCUT2D eigenvalue weighted by Crippen LogP contribution is 2.28. The van der Waals surface area contributed by atoms with Crippen molar-refractivity contribution in [3.63, 3.8) is 0 Å². The van der Waals surface area contributed by atoms with E-state index in [2.05, 4.69) is 10.6 Å². The van der Waals surface area contributed by atoms with Crippen LogP contribution in [-0.4, -0.2) is 74.7 Å². The van der Waals surface area contributed by atoms with E-state index in [-0.39, 0.29) is 29.6 Å². The molecule has 2 fully saturated rings. The molecule has 0 aromatic carbocycles. The molecular weight excluding hydrogens is 386 g/mol. The topological polar surface area (TPSA) is 70.7 Å². The van der Waals surface area contributed by atoms with Crippen LogP contribution in [0.5, 0.6) is 0 Å². The Hall–Kier alpha value is -0.500. The van der Waals surface area contributed by atoms with E-state index in [1.807, 2.05) is 11.9 Å². The fourth-order valence-corrected chi connectivity index (χ4v) is 4.75. The van der Waals surface area contributed by atoms with E-state index in [1.54, 1.807) is 7.11 Å². The number of nitrogens with zero attached hydrogens (tertiary/aromatic N) is 1. The predicted octanol–water partition coefficient (Wildman–Crippen LogP) is 2.06. The Morgan fingerprint density at radius 1 is 1.19 bits per heavy atom. The van der Waals surface area contributed by atoms with Gasteiger partial charge in [-0.25, -0.2) is 0 Å². The molecule has 0 bridgehead atoms. The lowest BCUT2D eigenvalue weighted by Crippen LogP contribution is -2.47. The molecule has 27 heavy (non-hydrogen) atoms. The molecule has 0 radical (unpaired) electrons. The van der Waals surface area contributed by atoms with Gasteiger partial charge in [-0.05, 0) is 38.8 Å². The van der Waals surface area contributed by atoms with Gasteiger partial charge in [0, 0.05) is 32.2 Å². The molecule has 2 aliphatic rings. The zero-order valence-electron chi connectivity index (χ0n) is 16.8. The van der Waals surface area contributed by atoms with Crippen molar-refractivity contribution in [2.75, 3.05) is 51.9 Å². The highest BCUT2D eigenvalue weighted by molar-refractivity contribution is 8.00. The van der Waals surface area contributed by atoms with Crippen LogP contribution in [0.3, 0.4) is 0 Å². The maximum atomic E-state index is 12.3. The van der Waals surface area contributed by atoms with Crippen molar-refractivity contribution in [3.8, 4) is 0 Å². The largest absolute Gasteiger partial charge is 0.384 e. The van der Waals surface area contributed by atoms with Crippen molar-refractivity contribution < 1.29 is 14.3 Å². The van der Waals surface area contributed by atoms with E-state index in [9.17, 15) is 9.59 Å². The number of methoxy groups -OCH3 is 1. The summed E-state index contributed by atoms with van der Waals surface area (Å²) in [5.41, 5.74) is 0.0390. The van der Waals surface area contributed by atoms with Crippen molar-refractivity contribution in [2.24, 2.45) is 5.41 Å². The van der Waals surface area contributed by atoms with Crippen LogP contribution in [0.1, 0.15) is 44.9 Å². The standard InChI is InChI=1S/C19H35N3O3S.ClH/c1-22(16-6-4-3-5-7-16)18(24)13-26-12-17(23)21-14-19(15-25-2)8-10-20-11-9-19;/h16,20H,3-15H2,1-2H3,(H,21,23);1H. The minimum absolute atomic E-state index is 0.